The number of hydrogen-bond acceptors (Lipinski definition) is 4. The molecule has 1 aromatic carbocycles. The zero-order chi connectivity index (χ0) is 19.7. The van der Waals surface area contributed by atoms with Gasteiger partial charge < -0.3 is 14.6 Å². The van der Waals surface area contributed by atoms with Crippen LogP contribution in [0.15, 0.2) is 47.5 Å². The maximum absolute atomic E-state index is 12.6. The van der Waals surface area contributed by atoms with Crippen LogP contribution in [0.1, 0.15) is 25.3 Å². The monoisotopic (exact) mass is 373 g/mol. The van der Waals surface area contributed by atoms with Crippen LogP contribution in [-0.4, -0.2) is 35.8 Å². The second-order valence-corrected chi connectivity index (χ2v) is 7.46. The summed E-state index contributed by atoms with van der Waals surface area (Å²) in [6.07, 6.45) is 11.1. The number of nitrogens with one attached hydrogen (secondary N) is 1. The van der Waals surface area contributed by atoms with Crippen LogP contribution in [0.5, 0.6) is 0 Å². The molecule has 3 heterocycles. The van der Waals surface area contributed by atoms with E-state index in [1.807, 2.05) is 24.3 Å². The van der Waals surface area contributed by atoms with E-state index in [0.717, 1.165) is 53.6 Å². The number of rotatable bonds is 3. The molecule has 0 aliphatic carbocycles. The molecule has 0 spiro atoms. The van der Waals surface area contributed by atoms with Crippen molar-refractivity contribution in [3.05, 3.63) is 58.6 Å². The molecule has 5 heteroatoms. The van der Waals surface area contributed by atoms with E-state index in [-0.39, 0.29) is 11.2 Å². The Morgan fingerprint density at radius 1 is 1.18 bits per heavy atom. The lowest BCUT2D eigenvalue weighted by Gasteiger charge is -2.40. The fourth-order valence-corrected chi connectivity index (χ4v) is 3.87. The second-order valence-electron chi connectivity index (χ2n) is 7.46. The number of methoxy groups -OCH3 is 1. The van der Waals surface area contributed by atoms with Crippen molar-refractivity contribution in [1.82, 2.24) is 9.97 Å². The summed E-state index contributed by atoms with van der Waals surface area (Å²) in [6, 6.07) is 9.99. The van der Waals surface area contributed by atoms with E-state index in [1.165, 1.54) is 0 Å². The maximum Gasteiger partial charge on any atom is 0.266 e. The number of aromatic nitrogens is 2. The van der Waals surface area contributed by atoms with E-state index in [0.29, 0.717) is 5.56 Å². The average molecular weight is 373 g/mol. The molecule has 3 aromatic rings. The van der Waals surface area contributed by atoms with Gasteiger partial charge in [0.15, 0.2) is 0 Å². The van der Waals surface area contributed by atoms with Gasteiger partial charge in [-0.25, -0.2) is 0 Å². The van der Waals surface area contributed by atoms with Crippen LogP contribution in [-0.2, 0) is 4.74 Å². The molecule has 0 radical (unpaired) electrons. The number of H-pyrrole nitrogens is 1. The first-order chi connectivity index (χ1) is 13.5. The standard InChI is InChI=1S/C23H23N3O2/c1-4-18-21(26-13-9-23(2,28-3)10-14-26)19-15-17(16-7-11-24-12-8-16)5-6-20(19)25-22(18)27/h1,5-8,11-12,15H,9-10,13-14H2,2-3H3,(H,25,27). The van der Waals surface area contributed by atoms with E-state index in [1.54, 1.807) is 19.5 Å². The van der Waals surface area contributed by atoms with Crippen LogP contribution >= 0.6 is 0 Å². The van der Waals surface area contributed by atoms with Crippen LogP contribution < -0.4 is 10.5 Å². The van der Waals surface area contributed by atoms with E-state index in [2.05, 4.69) is 33.8 Å². The van der Waals surface area contributed by atoms with Crippen LogP contribution in [0.3, 0.4) is 0 Å². The van der Waals surface area contributed by atoms with E-state index in [4.69, 9.17) is 11.2 Å². The van der Waals surface area contributed by atoms with Crippen LogP contribution in [0.2, 0.25) is 0 Å². The zero-order valence-corrected chi connectivity index (χ0v) is 16.2. The quantitative estimate of drug-likeness (QED) is 0.713. The third kappa shape index (κ3) is 3.17. The molecule has 2 aromatic heterocycles. The number of anilines is 1. The van der Waals surface area contributed by atoms with Gasteiger partial charge in [-0.2, -0.15) is 0 Å². The van der Waals surface area contributed by atoms with Gasteiger partial charge in [-0.15, -0.1) is 6.42 Å². The first-order valence-electron chi connectivity index (χ1n) is 9.42. The summed E-state index contributed by atoms with van der Waals surface area (Å²) in [6.45, 7) is 3.71. The Kier molecular flexibility index (Phi) is 4.66. The number of pyridine rings is 2. The number of aromatic amines is 1. The molecule has 142 valence electrons. The molecule has 0 unspecified atom stereocenters. The number of piperidine rings is 1. The third-order valence-electron chi connectivity index (χ3n) is 5.77. The van der Waals surface area contributed by atoms with E-state index >= 15 is 0 Å². The fourth-order valence-electron chi connectivity index (χ4n) is 3.87. The maximum atomic E-state index is 12.6. The molecule has 0 saturated carbocycles. The van der Waals surface area contributed by atoms with Crippen LogP contribution in [0.4, 0.5) is 5.69 Å². The molecule has 4 rings (SSSR count). The molecule has 0 bridgehead atoms. The Hall–Kier alpha value is -3.10. The first kappa shape index (κ1) is 18.3. The summed E-state index contributed by atoms with van der Waals surface area (Å²) in [7, 11) is 1.76. The average Bonchev–Trinajstić information content (AvgIpc) is 2.74. The molecular formula is C23H23N3O2. The van der Waals surface area contributed by atoms with Crippen molar-refractivity contribution in [2.75, 3.05) is 25.1 Å². The minimum Gasteiger partial charge on any atom is -0.378 e. The van der Waals surface area contributed by atoms with Gasteiger partial charge in [-0.1, -0.05) is 12.0 Å². The minimum absolute atomic E-state index is 0.133. The molecular weight excluding hydrogens is 350 g/mol. The fraction of sp³-hybridized carbons (Fsp3) is 0.304. The Morgan fingerprint density at radius 2 is 1.89 bits per heavy atom. The van der Waals surface area contributed by atoms with Gasteiger partial charge in [0.2, 0.25) is 0 Å². The Balaban J connectivity index is 1.88. The van der Waals surface area contributed by atoms with Crippen molar-refractivity contribution in [3.63, 3.8) is 0 Å². The predicted octanol–water partition coefficient (Wildman–Crippen LogP) is 3.58. The Labute approximate surface area is 164 Å². The molecule has 0 atom stereocenters. The number of nitrogens with zero attached hydrogens (tertiary/aromatic N) is 2. The van der Waals surface area contributed by atoms with Gasteiger partial charge in [-0.3, -0.25) is 9.78 Å². The second kappa shape index (κ2) is 7.14. The normalized spacial score (nSPS) is 16.1. The first-order valence-corrected chi connectivity index (χ1v) is 9.42. The zero-order valence-electron chi connectivity index (χ0n) is 16.2. The topological polar surface area (TPSA) is 58.2 Å². The van der Waals surface area contributed by atoms with Crippen LogP contribution in [0, 0.1) is 12.3 Å². The van der Waals surface area contributed by atoms with Crippen molar-refractivity contribution in [3.8, 4) is 23.5 Å². The molecule has 5 nitrogen and oxygen atoms in total. The highest BCUT2D eigenvalue weighted by Gasteiger charge is 2.31. The summed E-state index contributed by atoms with van der Waals surface area (Å²) in [5.74, 6) is 2.62. The van der Waals surface area contributed by atoms with Crippen molar-refractivity contribution < 1.29 is 4.74 Å². The molecule has 1 fully saturated rings. The molecule has 1 aliphatic rings. The summed E-state index contributed by atoms with van der Waals surface area (Å²) < 4.78 is 5.67. The summed E-state index contributed by atoms with van der Waals surface area (Å²) in [5, 5.41) is 0.961. The number of ether oxygens (including phenoxy) is 1. The van der Waals surface area contributed by atoms with Crippen molar-refractivity contribution >= 4 is 16.6 Å². The SMILES string of the molecule is C#Cc1c(N2CCC(C)(OC)CC2)c2cc(-c3ccncc3)ccc2[nH]c1=O. The number of benzene rings is 1. The highest BCUT2D eigenvalue weighted by Crippen LogP contribution is 2.35. The third-order valence-corrected chi connectivity index (χ3v) is 5.77. The molecule has 1 saturated heterocycles. The summed E-state index contributed by atoms with van der Waals surface area (Å²) >= 11 is 0. The Morgan fingerprint density at radius 3 is 2.54 bits per heavy atom. The number of fused-ring (bicyclic) bond motifs is 1. The van der Waals surface area contributed by atoms with Crippen molar-refractivity contribution in [1.29, 1.82) is 0 Å². The Bertz CT molecular complexity index is 1100. The highest BCUT2D eigenvalue weighted by atomic mass is 16.5. The number of hydrogen-bond donors (Lipinski definition) is 1. The molecule has 0 amide bonds. The molecule has 28 heavy (non-hydrogen) atoms. The minimum atomic E-state index is -0.221. The highest BCUT2D eigenvalue weighted by molar-refractivity contribution is 5.97. The van der Waals surface area contributed by atoms with Gasteiger partial charge in [-0.05, 0) is 55.2 Å². The largest absolute Gasteiger partial charge is 0.378 e. The lowest BCUT2D eigenvalue weighted by Crippen LogP contribution is -2.44. The van der Waals surface area contributed by atoms with Crippen molar-refractivity contribution in [2.45, 2.75) is 25.4 Å². The van der Waals surface area contributed by atoms with Gasteiger partial charge in [0, 0.05) is 38.0 Å². The van der Waals surface area contributed by atoms with Gasteiger partial charge in [0.1, 0.15) is 5.56 Å². The summed E-state index contributed by atoms with van der Waals surface area (Å²) in [5.41, 5.74) is 3.80. The van der Waals surface area contributed by atoms with Gasteiger partial charge >= 0.3 is 0 Å². The van der Waals surface area contributed by atoms with E-state index < -0.39 is 0 Å². The number of terminal acetylenes is 1. The summed E-state index contributed by atoms with van der Waals surface area (Å²) in [4.78, 5) is 21.9. The molecule has 1 N–H and O–H groups in total. The smallest absolute Gasteiger partial charge is 0.266 e. The van der Waals surface area contributed by atoms with Crippen LogP contribution in [0.25, 0.3) is 22.0 Å². The van der Waals surface area contributed by atoms with Crippen molar-refractivity contribution in [2.24, 2.45) is 0 Å². The van der Waals surface area contributed by atoms with Gasteiger partial charge in [0.05, 0.1) is 16.8 Å². The van der Waals surface area contributed by atoms with Gasteiger partial charge in [0.25, 0.3) is 5.56 Å². The molecule has 1 aliphatic heterocycles. The van der Waals surface area contributed by atoms with E-state index in [9.17, 15) is 4.79 Å². The predicted molar refractivity (Wildman–Crippen MR) is 113 cm³/mol. The lowest BCUT2D eigenvalue weighted by molar-refractivity contribution is -0.0132. The lowest BCUT2D eigenvalue weighted by atomic mass is 9.92.